The maximum Gasteiger partial charge on any atom is 0.251 e. The number of hydrogen-bond donors (Lipinski definition) is 1. The Labute approximate surface area is 133 Å². The van der Waals surface area contributed by atoms with Gasteiger partial charge in [0.25, 0.3) is 5.91 Å². The highest BCUT2D eigenvalue weighted by Crippen LogP contribution is 2.49. The van der Waals surface area contributed by atoms with Crippen molar-refractivity contribution < 1.29 is 4.79 Å². The van der Waals surface area contributed by atoms with Gasteiger partial charge in [0.1, 0.15) is 0 Å². The minimum atomic E-state index is -0.00219. The molecular weight excluding hydrogens is 338 g/mol. The summed E-state index contributed by atoms with van der Waals surface area (Å²) in [5.41, 5.74) is 0.663. The summed E-state index contributed by atoms with van der Waals surface area (Å²) in [4.78, 5) is 12.3. The number of benzene rings is 1. The minimum absolute atomic E-state index is 0.00219. The Morgan fingerprint density at radius 1 is 1.40 bits per heavy atom. The van der Waals surface area contributed by atoms with Gasteiger partial charge < -0.3 is 5.32 Å². The molecule has 20 heavy (non-hydrogen) atoms. The van der Waals surface area contributed by atoms with Crippen LogP contribution >= 0.6 is 27.5 Å². The van der Waals surface area contributed by atoms with Gasteiger partial charge in [-0.05, 0) is 78.1 Å². The zero-order valence-corrected chi connectivity index (χ0v) is 13.9. The largest absolute Gasteiger partial charge is 0.349 e. The molecule has 0 heterocycles. The van der Waals surface area contributed by atoms with E-state index in [-0.39, 0.29) is 11.9 Å². The number of rotatable bonds is 3. The topological polar surface area (TPSA) is 29.1 Å². The first-order valence-corrected chi connectivity index (χ1v) is 8.47. The number of fused-ring (bicyclic) bond motifs is 2. The second-order valence-corrected chi connectivity index (χ2v) is 7.49. The van der Waals surface area contributed by atoms with Crippen LogP contribution < -0.4 is 5.32 Å². The fraction of sp³-hybridized carbons (Fsp3) is 0.562. The zero-order chi connectivity index (χ0) is 14.3. The number of halogens is 2. The van der Waals surface area contributed by atoms with Crippen LogP contribution in [0, 0.1) is 17.8 Å². The maximum atomic E-state index is 12.3. The molecular formula is C16H19BrClNO. The van der Waals surface area contributed by atoms with Crippen molar-refractivity contribution in [2.75, 3.05) is 0 Å². The second-order valence-electron chi connectivity index (χ2n) is 6.23. The van der Waals surface area contributed by atoms with Crippen molar-refractivity contribution >= 4 is 33.4 Å². The van der Waals surface area contributed by atoms with Crippen LogP contribution in [0.4, 0.5) is 0 Å². The van der Waals surface area contributed by atoms with Crippen LogP contribution in [0.1, 0.15) is 43.0 Å². The molecule has 1 aromatic rings. The van der Waals surface area contributed by atoms with Crippen LogP contribution in [0.2, 0.25) is 5.02 Å². The van der Waals surface area contributed by atoms with E-state index >= 15 is 0 Å². The van der Waals surface area contributed by atoms with Crippen molar-refractivity contribution in [1.82, 2.24) is 5.32 Å². The molecule has 2 bridgehead atoms. The number of amides is 1. The lowest BCUT2D eigenvalue weighted by molar-refractivity contribution is 0.0915. The summed E-state index contributed by atoms with van der Waals surface area (Å²) in [5, 5.41) is 3.79. The summed E-state index contributed by atoms with van der Waals surface area (Å²) in [6.45, 7) is 2.15. The Hall–Kier alpha value is -0.540. The molecule has 0 aliphatic heterocycles. The summed E-state index contributed by atoms with van der Waals surface area (Å²) in [6.07, 6.45) is 5.40. The van der Waals surface area contributed by atoms with Gasteiger partial charge in [-0.25, -0.2) is 0 Å². The summed E-state index contributed by atoms with van der Waals surface area (Å²) in [7, 11) is 0. The zero-order valence-electron chi connectivity index (χ0n) is 11.5. The van der Waals surface area contributed by atoms with Crippen LogP contribution in [0.3, 0.4) is 0 Å². The molecule has 4 atom stereocenters. The van der Waals surface area contributed by atoms with E-state index in [1.54, 1.807) is 18.2 Å². The van der Waals surface area contributed by atoms with Crippen molar-refractivity contribution in [2.24, 2.45) is 17.8 Å². The molecule has 0 radical (unpaired) electrons. The van der Waals surface area contributed by atoms with Crippen molar-refractivity contribution in [1.29, 1.82) is 0 Å². The standard InChI is InChI=1S/C16H19BrClNO/c1-9(13-7-10-2-3-11(13)6-10)19-16(20)12-4-5-15(18)14(17)8-12/h4-5,8-11,13H,2-3,6-7H2,1H3,(H,19,20). The fourth-order valence-corrected chi connectivity index (χ4v) is 4.44. The Morgan fingerprint density at radius 3 is 2.80 bits per heavy atom. The van der Waals surface area contributed by atoms with Gasteiger partial charge in [0.15, 0.2) is 0 Å². The average molecular weight is 357 g/mol. The number of carbonyl (C=O) groups is 1. The van der Waals surface area contributed by atoms with Crippen LogP contribution in [0.15, 0.2) is 22.7 Å². The molecule has 4 unspecified atom stereocenters. The summed E-state index contributed by atoms with van der Waals surface area (Å²) in [6, 6.07) is 5.57. The van der Waals surface area contributed by atoms with E-state index in [1.807, 2.05) is 0 Å². The van der Waals surface area contributed by atoms with Gasteiger partial charge in [0.05, 0.1) is 5.02 Å². The molecule has 2 aliphatic carbocycles. The molecule has 108 valence electrons. The van der Waals surface area contributed by atoms with Gasteiger partial charge in [0.2, 0.25) is 0 Å². The number of carbonyl (C=O) groups excluding carboxylic acids is 1. The smallest absolute Gasteiger partial charge is 0.251 e. The lowest BCUT2D eigenvalue weighted by Gasteiger charge is -2.28. The average Bonchev–Trinajstić information content (AvgIpc) is 3.04. The minimum Gasteiger partial charge on any atom is -0.349 e. The van der Waals surface area contributed by atoms with Crippen molar-refractivity contribution in [3.63, 3.8) is 0 Å². The van der Waals surface area contributed by atoms with Gasteiger partial charge in [-0.2, -0.15) is 0 Å². The van der Waals surface area contributed by atoms with Crippen LogP contribution in [-0.2, 0) is 0 Å². The highest BCUT2D eigenvalue weighted by atomic mass is 79.9. The summed E-state index contributed by atoms with van der Waals surface area (Å²) >= 11 is 9.32. The third kappa shape index (κ3) is 2.75. The third-order valence-corrected chi connectivity index (χ3v) is 6.19. The van der Waals surface area contributed by atoms with Crippen molar-refractivity contribution in [3.8, 4) is 0 Å². The predicted octanol–water partition coefficient (Wildman–Crippen LogP) is 4.66. The number of nitrogens with one attached hydrogen (secondary N) is 1. The summed E-state index contributed by atoms with van der Waals surface area (Å²) < 4.78 is 0.763. The van der Waals surface area contributed by atoms with E-state index in [0.717, 1.165) is 16.3 Å². The maximum absolute atomic E-state index is 12.3. The third-order valence-electron chi connectivity index (χ3n) is 4.98. The number of hydrogen-bond acceptors (Lipinski definition) is 1. The predicted molar refractivity (Wildman–Crippen MR) is 85.0 cm³/mol. The van der Waals surface area contributed by atoms with Gasteiger partial charge in [-0.15, -0.1) is 0 Å². The van der Waals surface area contributed by atoms with Crippen LogP contribution in [0.25, 0.3) is 0 Å². The van der Waals surface area contributed by atoms with Gasteiger partial charge in [0, 0.05) is 16.1 Å². The van der Waals surface area contributed by atoms with E-state index in [4.69, 9.17) is 11.6 Å². The first-order chi connectivity index (χ1) is 9.54. The van der Waals surface area contributed by atoms with E-state index in [0.29, 0.717) is 16.5 Å². The molecule has 2 aliphatic rings. The molecule has 1 N–H and O–H groups in total. The second kappa shape index (κ2) is 5.69. The molecule has 2 saturated carbocycles. The van der Waals surface area contributed by atoms with E-state index in [1.165, 1.54) is 25.7 Å². The van der Waals surface area contributed by atoms with E-state index < -0.39 is 0 Å². The molecule has 4 heteroatoms. The normalized spacial score (nSPS) is 29.4. The van der Waals surface area contributed by atoms with E-state index in [9.17, 15) is 4.79 Å². The molecule has 0 spiro atoms. The molecule has 1 amide bonds. The Bertz CT molecular complexity index is 533. The molecule has 1 aromatic carbocycles. The Kier molecular flexibility index (Phi) is 4.09. The highest BCUT2D eigenvalue weighted by Gasteiger charge is 2.42. The van der Waals surface area contributed by atoms with Gasteiger partial charge >= 0.3 is 0 Å². The molecule has 2 fully saturated rings. The quantitative estimate of drug-likeness (QED) is 0.838. The van der Waals surface area contributed by atoms with Crippen LogP contribution in [-0.4, -0.2) is 11.9 Å². The first-order valence-electron chi connectivity index (χ1n) is 7.30. The Morgan fingerprint density at radius 2 is 2.20 bits per heavy atom. The fourth-order valence-electron chi connectivity index (χ4n) is 3.94. The highest BCUT2D eigenvalue weighted by molar-refractivity contribution is 9.10. The molecule has 3 rings (SSSR count). The Balaban J connectivity index is 1.65. The molecule has 0 saturated heterocycles. The van der Waals surface area contributed by atoms with Crippen LogP contribution in [0.5, 0.6) is 0 Å². The molecule has 2 nitrogen and oxygen atoms in total. The van der Waals surface area contributed by atoms with Gasteiger partial charge in [-0.3, -0.25) is 4.79 Å². The van der Waals surface area contributed by atoms with Gasteiger partial charge in [-0.1, -0.05) is 18.0 Å². The lowest BCUT2D eigenvalue weighted by atomic mass is 9.84. The molecule has 0 aromatic heterocycles. The lowest BCUT2D eigenvalue weighted by Crippen LogP contribution is -2.40. The monoisotopic (exact) mass is 355 g/mol. The van der Waals surface area contributed by atoms with Crippen molar-refractivity contribution in [2.45, 2.75) is 38.6 Å². The summed E-state index contributed by atoms with van der Waals surface area (Å²) in [5.74, 6) is 2.40. The first kappa shape index (κ1) is 14.4. The van der Waals surface area contributed by atoms with E-state index in [2.05, 4.69) is 28.2 Å². The van der Waals surface area contributed by atoms with Crippen molar-refractivity contribution in [3.05, 3.63) is 33.3 Å². The SMILES string of the molecule is CC(NC(=O)c1ccc(Cl)c(Br)c1)C1CC2CCC1C2.